The lowest BCUT2D eigenvalue weighted by atomic mass is 9.95. The summed E-state index contributed by atoms with van der Waals surface area (Å²) >= 11 is 1.21. The number of unbranched alkanes of at least 4 members (excludes halogenated alkanes) is 1. The molecule has 354 valence electrons. The van der Waals surface area contributed by atoms with Crippen molar-refractivity contribution in [1.82, 2.24) is 25.0 Å². The highest BCUT2D eigenvalue weighted by Gasteiger charge is 2.64. The number of ether oxygens (including phenoxy) is 6. The fourth-order valence-corrected chi connectivity index (χ4v) is 9.02. The topological polar surface area (TPSA) is 295 Å². The highest BCUT2D eigenvalue weighted by molar-refractivity contribution is 8.01. The molecule has 24 heteroatoms. The zero-order valence-corrected chi connectivity index (χ0v) is 37.1. The van der Waals surface area contributed by atoms with Crippen LogP contribution in [0.5, 0.6) is 17.2 Å². The number of rotatable bonds is 16. The van der Waals surface area contributed by atoms with Gasteiger partial charge in [-0.15, -0.1) is 11.8 Å². The number of hydrogen-bond acceptors (Lipinski definition) is 18. The maximum atomic E-state index is 14.5. The van der Waals surface area contributed by atoms with Crippen molar-refractivity contribution in [3.8, 4) is 17.2 Å². The van der Waals surface area contributed by atoms with Gasteiger partial charge in [0.05, 0.1) is 38.8 Å². The molecule has 3 aromatic carbocycles. The molecule has 67 heavy (non-hydrogen) atoms. The van der Waals surface area contributed by atoms with Crippen molar-refractivity contribution in [2.75, 3.05) is 34.4 Å². The minimum Gasteiger partial charge on any atom is -0.480 e. The molecule has 1 aromatic heterocycles. The number of benzene rings is 3. The number of aromatic nitrogens is 1. The highest BCUT2D eigenvalue weighted by atomic mass is 32.2. The molecule has 4 amide bonds. The molecule has 3 N–H and O–H groups in total. The summed E-state index contributed by atoms with van der Waals surface area (Å²) in [6, 6.07) is 11.9. The third kappa shape index (κ3) is 10.5. The van der Waals surface area contributed by atoms with Crippen molar-refractivity contribution >= 4 is 70.8 Å². The van der Waals surface area contributed by atoms with Crippen LogP contribution in [0.3, 0.4) is 0 Å². The normalized spacial score (nSPS) is 17.2. The van der Waals surface area contributed by atoms with Crippen LogP contribution in [0, 0.1) is 0 Å². The van der Waals surface area contributed by atoms with Crippen LogP contribution in [-0.2, 0) is 39.9 Å². The van der Waals surface area contributed by atoms with E-state index in [-0.39, 0.29) is 48.2 Å². The Hall–Kier alpha value is -7.89. The van der Waals surface area contributed by atoms with E-state index < -0.39 is 111 Å². The Morgan fingerprint density at radius 2 is 1.45 bits per heavy atom. The Labute approximate surface area is 383 Å². The fraction of sp³-hybridized carbons (Fsp3) is 0.349. The monoisotopic (exact) mass is 949 g/mol. The molecular formula is C43H43N5O18S. The first kappa shape index (κ1) is 48.6. The molecule has 3 heterocycles. The van der Waals surface area contributed by atoms with Gasteiger partial charge < -0.3 is 58.4 Å². The summed E-state index contributed by atoms with van der Waals surface area (Å²) in [6.07, 6.45) is -3.67. The molecule has 2 saturated heterocycles. The van der Waals surface area contributed by atoms with Crippen molar-refractivity contribution in [3.63, 3.8) is 0 Å². The predicted octanol–water partition coefficient (Wildman–Crippen LogP) is 2.80. The fourth-order valence-electron chi connectivity index (χ4n) is 7.39. The number of para-hydroxylation sites is 2. The van der Waals surface area contributed by atoms with Crippen LogP contribution in [0.25, 0.3) is 11.0 Å². The number of thioether (sulfide) groups is 1. The van der Waals surface area contributed by atoms with E-state index in [2.05, 4.69) is 24.8 Å². The molecule has 0 bridgehead atoms. The number of fused-ring (bicyclic) bond motifs is 2. The first-order chi connectivity index (χ1) is 31.9. The van der Waals surface area contributed by atoms with E-state index in [9.17, 15) is 53.1 Å². The Kier molecular flexibility index (Phi) is 14.9. The largest absolute Gasteiger partial charge is 0.513 e. The Bertz CT molecular complexity index is 2740. The van der Waals surface area contributed by atoms with Gasteiger partial charge in [0.15, 0.2) is 22.8 Å². The number of aliphatic carboxylic acids is 1. The predicted molar refractivity (Wildman–Crippen MR) is 230 cm³/mol. The summed E-state index contributed by atoms with van der Waals surface area (Å²) in [5.41, 5.74) is -1.22. The third-order valence-electron chi connectivity index (χ3n) is 10.5. The van der Waals surface area contributed by atoms with Crippen molar-refractivity contribution in [1.29, 1.82) is 0 Å². The summed E-state index contributed by atoms with van der Waals surface area (Å²) in [6.45, 7) is 2.03. The van der Waals surface area contributed by atoms with E-state index in [4.69, 9.17) is 18.6 Å². The van der Waals surface area contributed by atoms with Crippen LogP contribution >= 0.6 is 11.8 Å². The molecule has 0 saturated carbocycles. The summed E-state index contributed by atoms with van der Waals surface area (Å²) in [5.74, 6) is -6.90. The molecular weight excluding hydrogens is 907 g/mol. The van der Waals surface area contributed by atoms with Crippen LogP contribution in [0.1, 0.15) is 48.7 Å². The van der Waals surface area contributed by atoms with E-state index >= 15 is 0 Å². The van der Waals surface area contributed by atoms with Gasteiger partial charge in [0.2, 0.25) is 17.7 Å². The maximum Gasteiger partial charge on any atom is 0.513 e. The lowest BCUT2D eigenvalue weighted by Crippen LogP contribution is -2.71. The van der Waals surface area contributed by atoms with E-state index in [1.54, 1.807) is 32.0 Å². The average Bonchev–Trinajstić information content (AvgIpc) is 3.57. The number of carbonyl (C=O) groups is 8. The summed E-state index contributed by atoms with van der Waals surface area (Å²) in [4.78, 5) is 133. The van der Waals surface area contributed by atoms with Gasteiger partial charge in [-0.2, -0.15) is 0 Å². The second-order valence-corrected chi connectivity index (χ2v) is 17.0. The van der Waals surface area contributed by atoms with Crippen LogP contribution in [0.4, 0.5) is 14.4 Å². The highest BCUT2D eigenvalue weighted by Crippen LogP contribution is 2.51. The minimum atomic E-state index is -1.45. The summed E-state index contributed by atoms with van der Waals surface area (Å²) in [5, 5.41) is 14.3. The summed E-state index contributed by atoms with van der Waals surface area (Å²) < 4.78 is 34.2. The molecule has 0 spiro atoms. The lowest BCUT2D eigenvalue weighted by molar-refractivity contribution is -0.161. The standard InChI is InChI=1S/C43H43N5O18S/c1-43(2)32(38(54)55)48-36(53)29(37(48)67-43)45-33(50)28(22-13-7-6-8-14-22)44-27(49)21-46(34(51)23-15-11-18-26(64-41(58)61-4)31(23)66-42(59)62-5)19-9-10-20-47-35(52)24-16-12-17-25(63-40(57)60-3)30(24)65-39(47)56/h6-8,11-18,28-29,32,37H,9-10,19-21H2,1-5H3,(H,44,49)(H,45,50)(H,54,55)/t28?,29-,32+,37-/m1/s1. The van der Waals surface area contributed by atoms with Gasteiger partial charge in [-0.1, -0.05) is 42.5 Å². The summed E-state index contributed by atoms with van der Waals surface area (Å²) in [7, 11) is 3.06. The average molecular weight is 950 g/mol. The van der Waals surface area contributed by atoms with Gasteiger partial charge >= 0.3 is 30.2 Å². The molecule has 0 aliphatic carbocycles. The quantitative estimate of drug-likeness (QED) is 0.0478. The smallest absolute Gasteiger partial charge is 0.480 e. The second kappa shape index (κ2) is 20.5. The molecule has 0 radical (unpaired) electrons. The van der Waals surface area contributed by atoms with Gasteiger partial charge in [0, 0.05) is 17.8 Å². The Balaban J connectivity index is 1.27. The zero-order chi connectivity index (χ0) is 48.7. The number of carboxylic acid groups (broad SMARTS) is 1. The van der Waals surface area contributed by atoms with Gasteiger partial charge in [0.25, 0.3) is 11.5 Å². The number of methoxy groups -OCH3 is 3. The zero-order valence-electron chi connectivity index (χ0n) is 36.3. The van der Waals surface area contributed by atoms with Crippen LogP contribution < -0.4 is 36.2 Å². The Morgan fingerprint density at radius 1 is 0.821 bits per heavy atom. The maximum absolute atomic E-state index is 14.5. The third-order valence-corrected chi connectivity index (χ3v) is 12.1. The molecule has 2 aliphatic heterocycles. The number of nitrogens with one attached hydrogen (secondary N) is 2. The minimum absolute atomic E-state index is 0.00436. The van der Waals surface area contributed by atoms with Crippen molar-refractivity contribution < 1.29 is 76.3 Å². The number of β-lactam (4-membered cyclic amide) rings is 1. The van der Waals surface area contributed by atoms with Crippen molar-refractivity contribution in [2.24, 2.45) is 0 Å². The molecule has 4 aromatic rings. The van der Waals surface area contributed by atoms with Gasteiger partial charge in [-0.05, 0) is 56.5 Å². The van der Waals surface area contributed by atoms with Crippen LogP contribution in [-0.4, -0.2) is 124 Å². The number of hydrogen-bond donors (Lipinski definition) is 3. The molecule has 4 atom stereocenters. The van der Waals surface area contributed by atoms with E-state index in [0.717, 1.165) is 30.8 Å². The van der Waals surface area contributed by atoms with Crippen LogP contribution in [0.2, 0.25) is 0 Å². The number of carboxylic acids is 1. The molecule has 2 aliphatic rings. The van der Waals surface area contributed by atoms with Gasteiger partial charge in [-0.3, -0.25) is 24.0 Å². The van der Waals surface area contributed by atoms with E-state index in [1.165, 1.54) is 65.2 Å². The second-order valence-electron chi connectivity index (χ2n) is 15.2. The number of nitrogens with zero attached hydrogens (tertiary/aromatic N) is 3. The van der Waals surface area contributed by atoms with Crippen LogP contribution in [0.15, 0.2) is 80.7 Å². The van der Waals surface area contributed by atoms with Crippen molar-refractivity contribution in [2.45, 2.75) is 61.5 Å². The first-order valence-corrected chi connectivity index (χ1v) is 21.0. The molecule has 6 rings (SSSR count). The molecule has 23 nitrogen and oxygen atoms in total. The first-order valence-electron chi connectivity index (χ1n) is 20.1. The molecule has 2 fully saturated rings. The van der Waals surface area contributed by atoms with Gasteiger partial charge in [0.1, 0.15) is 23.5 Å². The number of amides is 4. The Morgan fingerprint density at radius 3 is 2.10 bits per heavy atom. The van der Waals surface area contributed by atoms with E-state index in [1.807, 2.05) is 0 Å². The molecule has 1 unspecified atom stereocenters. The SMILES string of the molecule is COC(=O)Oc1cccc(C(=O)N(CCCCn2c(=O)oc3c(OC(=O)OC)cccc3c2=O)CC(=O)NC(C(=O)N[C@@H]2C(=O)N3[C@@H]2SC(C)(C)[C@@H]3C(=O)O)c2ccccc2)c1OC(=O)OC. The van der Waals surface area contributed by atoms with E-state index in [0.29, 0.717) is 0 Å². The lowest BCUT2D eigenvalue weighted by Gasteiger charge is -2.44. The number of carbonyl (C=O) groups excluding carboxylic acids is 7. The van der Waals surface area contributed by atoms with Gasteiger partial charge in [-0.25, -0.2) is 28.5 Å². The van der Waals surface area contributed by atoms with Crippen molar-refractivity contribution in [3.05, 3.63) is 98.8 Å².